The maximum absolute atomic E-state index is 9.68. The Morgan fingerprint density at radius 2 is 1.88 bits per heavy atom. The highest BCUT2D eigenvalue weighted by molar-refractivity contribution is 5.42. The van der Waals surface area contributed by atoms with Gasteiger partial charge in [-0.2, -0.15) is 0 Å². The van der Waals surface area contributed by atoms with Crippen molar-refractivity contribution in [3.8, 4) is 5.75 Å². The number of aromatic hydroxyl groups is 1. The summed E-state index contributed by atoms with van der Waals surface area (Å²) in [5.74, 6) is 0.399. The Bertz CT molecular complexity index is 340. The van der Waals surface area contributed by atoms with Crippen molar-refractivity contribution in [3.63, 3.8) is 0 Å². The van der Waals surface area contributed by atoms with E-state index in [4.69, 9.17) is 4.74 Å². The molecule has 1 unspecified atom stereocenters. The summed E-state index contributed by atoms with van der Waals surface area (Å²) in [5.41, 5.74) is 3.06. The molecular formula is C14H23NO2. The van der Waals surface area contributed by atoms with Gasteiger partial charge in [-0.3, -0.25) is 0 Å². The molecule has 2 N–H and O–H groups in total. The van der Waals surface area contributed by atoms with Gasteiger partial charge in [0.1, 0.15) is 5.75 Å². The van der Waals surface area contributed by atoms with Crippen molar-refractivity contribution in [2.75, 3.05) is 13.2 Å². The Labute approximate surface area is 104 Å². The average Bonchev–Trinajstić information content (AvgIpc) is 2.30. The van der Waals surface area contributed by atoms with Crippen molar-refractivity contribution in [2.24, 2.45) is 0 Å². The normalized spacial score (nSPS) is 12.7. The van der Waals surface area contributed by atoms with Gasteiger partial charge in [-0.25, -0.2) is 0 Å². The zero-order valence-electron chi connectivity index (χ0n) is 11.2. The molecule has 0 aliphatic heterocycles. The molecule has 0 amide bonds. The number of aryl methyl sites for hydroxylation is 2. The van der Waals surface area contributed by atoms with Gasteiger partial charge in [0.05, 0.1) is 6.61 Å². The first-order valence-electron chi connectivity index (χ1n) is 6.14. The van der Waals surface area contributed by atoms with E-state index in [1.807, 2.05) is 32.9 Å². The number of ether oxygens (including phenoxy) is 1. The second kappa shape index (κ2) is 6.62. The minimum atomic E-state index is 0.337. The summed E-state index contributed by atoms with van der Waals surface area (Å²) >= 11 is 0. The van der Waals surface area contributed by atoms with E-state index in [1.54, 1.807) is 0 Å². The van der Waals surface area contributed by atoms with E-state index in [9.17, 15) is 5.11 Å². The highest BCUT2D eigenvalue weighted by Crippen LogP contribution is 2.22. The second-order valence-electron chi connectivity index (χ2n) is 4.52. The summed E-state index contributed by atoms with van der Waals surface area (Å²) < 4.78 is 5.35. The Morgan fingerprint density at radius 1 is 1.29 bits per heavy atom. The number of phenolic OH excluding ortho intramolecular Hbond substituents is 1. The summed E-state index contributed by atoms with van der Waals surface area (Å²) in [6.45, 7) is 10.2. The molecule has 0 aromatic heterocycles. The molecule has 1 rings (SSSR count). The van der Waals surface area contributed by atoms with Crippen LogP contribution in [0, 0.1) is 13.8 Å². The molecule has 1 atom stereocenters. The predicted octanol–water partition coefficient (Wildman–Crippen LogP) is 2.52. The van der Waals surface area contributed by atoms with Crippen LogP contribution in [0.2, 0.25) is 0 Å². The van der Waals surface area contributed by atoms with Gasteiger partial charge in [0.15, 0.2) is 0 Å². The summed E-state index contributed by atoms with van der Waals surface area (Å²) in [7, 11) is 0. The Morgan fingerprint density at radius 3 is 2.41 bits per heavy atom. The van der Waals surface area contributed by atoms with Crippen LogP contribution in [0.25, 0.3) is 0 Å². The van der Waals surface area contributed by atoms with Crippen LogP contribution in [0.15, 0.2) is 12.1 Å². The lowest BCUT2D eigenvalue weighted by molar-refractivity contribution is 0.127. The first kappa shape index (κ1) is 14.0. The number of hydrogen-bond acceptors (Lipinski definition) is 3. The van der Waals surface area contributed by atoms with Crippen molar-refractivity contribution in [1.29, 1.82) is 0 Å². The lowest BCUT2D eigenvalue weighted by Gasteiger charge is -2.14. The number of benzene rings is 1. The third-order valence-corrected chi connectivity index (χ3v) is 2.78. The lowest BCUT2D eigenvalue weighted by atomic mass is 10.1. The van der Waals surface area contributed by atoms with E-state index in [2.05, 4.69) is 12.2 Å². The van der Waals surface area contributed by atoms with Crippen molar-refractivity contribution in [1.82, 2.24) is 5.32 Å². The summed E-state index contributed by atoms with van der Waals surface area (Å²) in [4.78, 5) is 0. The molecule has 96 valence electrons. The van der Waals surface area contributed by atoms with Crippen LogP contribution in [-0.2, 0) is 11.3 Å². The van der Waals surface area contributed by atoms with Crippen molar-refractivity contribution in [2.45, 2.75) is 40.3 Å². The van der Waals surface area contributed by atoms with Gasteiger partial charge < -0.3 is 15.2 Å². The molecule has 1 aromatic carbocycles. The fourth-order valence-corrected chi connectivity index (χ4v) is 1.79. The average molecular weight is 237 g/mol. The van der Waals surface area contributed by atoms with Crippen LogP contribution in [0.4, 0.5) is 0 Å². The van der Waals surface area contributed by atoms with Crippen LogP contribution in [-0.4, -0.2) is 24.4 Å². The fourth-order valence-electron chi connectivity index (χ4n) is 1.79. The van der Waals surface area contributed by atoms with Gasteiger partial charge in [-0.15, -0.1) is 0 Å². The van der Waals surface area contributed by atoms with E-state index in [0.29, 0.717) is 11.8 Å². The molecule has 3 heteroatoms. The van der Waals surface area contributed by atoms with E-state index in [1.165, 1.54) is 5.56 Å². The maximum Gasteiger partial charge on any atom is 0.121 e. The smallest absolute Gasteiger partial charge is 0.121 e. The number of nitrogens with one attached hydrogen (secondary N) is 1. The highest BCUT2D eigenvalue weighted by atomic mass is 16.5. The number of phenols is 1. The quantitative estimate of drug-likeness (QED) is 0.799. The molecule has 0 aliphatic carbocycles. The molecule has 0 saturated heterocycles. The zero-order valence-corrected chi connectivity index (χ0v) is 11.2. The molecule has 0 aliphatic rings. The van der Waals surface area contributed by atoms with Crippen LogP contribution in [0.5, 0.6) is 5.75 Å². The van der Waals surface area contributed by atoms with E-state index < -0.39 is 0 Å². The Kier molecular flexibility index (Phi) is 5.45. The van der Waals surface area contributed by atoms with Gasteiger partial charge >= 0.3 is 0 Å². The molecule has 0 radical (unpaired) electrons. The van der Waals surface area contributed by atoms with E-state index in [0.717, 1.165) is 30.9 Å². The van der Waals surface area contributed by atoms with Crippen molar-refractivity contribution < 1.29 is 9.84 Å². The van der Waals surface area contributed by atoms with E-state index >= 15 is 0 Å². The summed E-state index contributed by atoms with van der Waals surface area (Å²) in [6, 6.07) is 4.37. The van der Waals surface area contributed by atoms with Crippen molar-refractivity contribution in [3.05, 3.63) is 28.8 Å². The predicted molar refractivity (Wildman–Crippen MR) is 70.4 cm³/mol. The van der Waals surface area contributed by atoms with Gasteiger partial charge in [0.2, 0.25) is 0 Å². The molecule has 0 spiro atoms. The largest absolute Gasteiger partial charge is 0.507 e. The molecule has 0 heterocycles. The molecule has 0 bridgehead atoms. The first-order valence-corrected chi connectivity index (χ1v) is 6.14. The first-order chi connectivity index (χ1) is 8.04. The molecular weight excluding hydrogens is 214 g/mol. The summed E-state index contributed by atoms with van der Waals surface area (Å²) in [6.07, 6.45) is 0. The number of rotatable bonds is 6. The minimum absolute atomic E-state index is 0.337. The standard InChI is InChI=1S/C14H23NO2/c1-5-17-9-12(4)15-8-13-6-10(2)14(16)11(3)7-13/h6-7,12,15-16H,5,8-9H2,1-4H3. The highest BCUT2D eigenvalue weighted by Gasteiger charge is 2.05. The molecule has 3 nitrogen and oxygen atoms in total. The molecule has 0 saturated carbocycles. The minimum Gasteiger partial charge on any atom is -0.507 e. The third-order valence-electron chi connectivity index (χ3n) is 2.78. The van der Waals surface area contributed by atoms with Gasteiger partial charge in [-0.1, -0.05) is 12.1 Å². The fraction of sp³-hybridized carbons (Fsp3) is 0.571. The van der Waals surface area contributed by atoms with Crippen LogP contribution in [0.3, 0.4) is 0 Å². The summed E-state index contributed by atoms with van der Waals surface area (Å²) in [5, 5.41) is 13.1. The van der Waals surface area contributed by atoms with Gasteiger partial charge in [-0.05, 0) is 44.4 Å². The van der Waals surface area contributed by atoms with Gasteiger partial charge in [0, 0.05) is 19.2 Å². The van der Waals surface area contributed by atoms with Crippen LogP contribution < -0.4 is 5.32 Å². The van der Waals surface area contributed by atoms with Crippen LogP contribution in [0.1, 0.15) is 30.5 Å². The second-order valence-corrected chi connectivity index (χ2v) is 4.52. The molecule has 17 heavy (non-hydrogen) atoms. The van der Waals surface area contributed by atoms with E-state index in [-0.39, 0.29) is 0 Å². The van der Waals surface area contributed by atoms with Gasteiger partial charge in [0.25, 0.3) is 0 Å². The van der Waals surface area contributed by atoms with Crippen LogP contribution >= 0.6 is 0 Å². The third kappa shape index (κ3) is 4.36. The maximum atomic E-state index is 9.68. The topological polar surface area (TPSA) is 41.5 Å². The van der Waals surface area contributed by atoms with Crippen molar-refractivity contribution >= 4 is 0 Å². The molecule has 1 aromatic rings. The molecule has 0 fully saturated rings. The monoisotopic (exact) mass is 237 g/mol. The lowest BCUT2D eigenvalue weighted by Crippen LogP contribution is -2.30. The Hall–Kier alpha value is -1.06. The number of hydrogen-bond donors (Lipinski definition) is 2. The zero-order chi connectivity index (χ0) is 12.8. The SMILES string of the molecule is CCOCC(C)NCc1cc(C)c(O)c(C)c1. The Balaban J connectivity index is 2.52.